The molecule has 1 saturated heterocycles. The summed E-state index contributed by atoms with van der Waals surface area (Å²) in [5, 5.41) is 18.2. The molecule has 2 N–H and O–H groups in total. The van der Waals surface area contributed by atoms with Crippen molar-refractivity contribution in [2.75, 3.05) is 4.90 Å². The average Bonchev–Trinajstić information content (AvgIpc) is 3.27. The highest BCUT2D eigenvalue weighted by atomic mass is 35.5. The lowest BCUT2D eigenvalue weighted by Crippen LogP contribution is -2.28. The molecule has 0 atom stereocenters. The second-order valence-electron chi connectivity index (χ2n) is 6.20. The number of furan rings is 1. The lowest BCUT2D eigenvalue weighted by molar-refractivity contribution is -0.113. The molecule has 0 unspecified atom stereocenters. The van der Waals surface area contributed by atoms with Gasteiger partial charge < -0.3 is 9.52 Å². The molecule has 6 nitrogen and oxygen atoms in total. The third-order valence-electron chi connectivity index (χ3n) is 4.30. The Labute approximate surface area is 185 Å². The molecule has 4 rings (SSSR count). The maximum absolute atomic E-state index is 12.9. The number of carbonyl (C=O) groups excluding carboxylic acids is 1. The number of hydrogen-bond acceptors (Lipinski definition) is 5. The number of aromatic carboxylic acids is 1. The van der Waals surface area contributed by atoms with Crippen LogP contribution in [0.25, 0.3) is 17.4 Å². The first-order chi connectivity index (χ1) is 14.3. The minimum atomic E-state index is -1.06. The van der Waals surface area contributed by atoms with E-state index in [0.717, 1.165) is 11.8 Å². The van der Waals surface area contributed by atoms with Gasteiger partial charge in [-0.25, -0.2) is 4.79 Å². The molecule has 1 fully saturated rings. The Bertz CT molecular complexity index is 1240. The van der Waals surface area contributed by atoms with Crippen LogP contribution in [-0.4, -0.2) is 22.2 Å². The van der Waals surface area contributed by atoms with E-state index in [0.29, 0.717) is 27.8 Å². The molecule has 1 amide bonds. The zero-order chi connectivity index (χ0) is 21.4. The summed E-state index contributed by atoms with van der Waals surface area (Å²) < 4.78 is 5.75. The van der Waals surface area contributed by atoms with Crippen molar-refractivity contribution < 1.29 is 19.1 Å². The van der Waals surface area contributed by atoms with Crippen molar-refractivity contribution in [3.05, 3.63) is 80.9 Å². The summed E-state index contributed by atoms with van der Waals surface area (Å²) in [5.74, 6) is -0.758. The second-order valence-corrected chi connectivity index (χ2v) is 8.08. The summed E-state index contributed by atoms with van der Waals surface area (Å²) in [6.45, 7) is 0. The fraction of sp³-hybridized carbons (Fsp3) is 0. The highest BCUT2D eigenvalue weighted by molar-refractivity contribution is 8.19. The van der Waals surface area contributed by atoms with Crippen LogP contribution in [0.4, 0.5) is 5.69 Å². The normalized spacial score (nSPS) is 15.3. The molecule has 3 aromatic rings. The summed E-state index contributed by atoms with van der Waals surface area (Å²) >= 11 is 13.1. The van der Waals surface area contributed by atoms with Gasteiger partial charge in [0.15, 0.2) is 5.17 Å². The van der Waals surface area contributed by atoms with Gasteiger partial charge in [-0.3, -0.25) is 15.1 Å². The number of halogens is 2. The van der Waals surface area contributed by atoms with E-state index in [1.165, 1.54) is 23.1 Å². The lowest BCUT2D eigenvalue weighted by Gasteiger charge is -2.16. The first kappa shape index (κ1) is 20.3. The Balaban J connectivity index is 1.65. The predicted molar refractivity (Wildman–Crippen MR) is 118 cm³/mol. The van der Waals surface area contributed by atoms with Crippen molar-refractivity contribution in [2.45, 2.75) is 0 Å². The monoisotopic (exact) mass is 458 g/mol. The zero-order valence-electron chi connectivity index (χ0n) is 15.1. The van der Waals surface area contributed by atoms with Crippen LogP contribution in [0.3, 0.4) is 0 Å². The minimum absolute atomic E-state index is 0.00141. The van der Waals surface area contributed by atoms with Gasteiger partial charge in [-0.1, -0.05) is 41.4 Å². The molecule has 0 bridgehead atoms. The number of benzene rings is 2. The van der Waals surface area contributed by atoms with Crippen LogP contribution >= 0.6 is 35.0 Å². The van der Waals surface area contributed by atoms with E-state index >= 15 is 0 Å². The maximum atomic E-state index is 12.9. The topological polar surface area (TPSA) is 94.6 Å². The summed E-state index contributed by atoms with van der Waals surface area (Å²) in [7, 11) is 0. The number of carboxylic acid groups (broad SMARTS) is 1. The van der Waals surface area contributed by atoms with E-state index in [-0.39, 0.29) is 20.7 Å². The van der Waals surface area contributed by atoms with Gasteiger partial charge in [0.2, 0.25) is 0 Å². The van der Waals surface area contributed by atoms with Gasteiger partial charge in [0, 0.05) is 16.7 Å². The van der Waals surface area contributed by atoms with Gasteiger partial charge in [0.25, 0.3) is 5.91 Å². The van der Waals surface area contributed by atoms with Crippen molar-refractivity contribution in [1.82, 2.24) is 0 Å². The van der Waals surface area contributed by atoms with Gasteiger partial charge in [0.1, 0.15) is 11.5 Å². The van der Waals surface area contributed by atoms with E-state index < -0.39 is 11.9 Å². The van der Waals surface area contributed by atoms with Crippen LogP contribution < -0.4 is 4.90 Å². The molecule has 2 heterocycles. The van der Waals surface area contributed by atoms with Crippen LogP contribution in [-0.2, 0) is 4.79 Å². The van der Waals surface area contributed by atoms with E-state index in [2.05, 4.69) is 0 Å². The number of hydrogen-bond donors (Lipinski definition) is 2. The van der Waals surface area contributed by atoms with Gasteiger partial charge >= 0.3 is 5.97 Å². The summed E-state index contributed by atoms with van der Waals surface area (Å²) in [6.07, 6.45) is 1.51. The van der Waals surface area contributed by atoms with Crippen molar-refractivity contribution in [2.24, 2.45) is 0 Å². The minimum Gasteiger partial charge on any atom is -0.478 e. The van der Waals surface area contributed by atoms with E-state index in [1.54, 1.807) is 42.5 Å². The Morgan fingerprint density at radius 3 is 2.63 bits per heavy atom. The first-order valence-corrected chi connectivity index (χ1v) is 10.1. The maximum Gasteiger partial charge on any atom is 0.336 e. The van der Waals surface area contributed by atoms with Crippen LogP contribution in [0.15, 0.2) is 63.9 Å². The van der Waals surface area contributed by atoms with Gasteiger partial charge in [0.05, 0.1) is 21.2 Å². The highest BCUT2D eigenvalue weighted by Gasteiger charge is 2.35. The molecule has 0 spiro atoms. The van der Waals surface area contributed by atoms with Gasteiger partial charge in [-0.15, -0.1) is 0 Å². The molecule has 9 heteroatoms. The van der Waals surface area contributed by atoms with E-state index in [1.807, 2.05) is 0 Å². The predicted octanol–water partition coefficient (Wildman–Crippen LogP) is 6.01. The molecule has 30 heavy (non-hydrogen) atoms. The van der Waals surface area contributed by atoms with Crippen molar-refractivity contribution in [1.29, 1.82) is 5.41 Å². The highest BCUT2D eigenvalue weighted by Crippen LogP contribution is 2.39. The van der Waals surface area contributed by atoms with Crippen LogP contribution in [0.2, 0.25) is 10.0 Å². The first-order valence-electron chi connectivity index (χ1n) is 8.55. The molecule has 1 aromatic heterocycles. The largest absolute Gasteiger partial charge is 0.478 e. The number of carbonyl (C=O) groups is 2. The van der Waals surface area contributed by atoms with Gasteiger partial charge in [-0.05, 0) is 48.2 Å². The van der Waals surface area contributed by atoms with Crippen LogP contribution in [0.1, 0.15) is 16.1 Å². The fourth-order valence-electron chi connectivity index (χ4n) is 2.96. The SMILES string of the molecule is N=C1S/C(=C\c2ccc(-c3ccccc3C(=O)O)o2)C(=O)N1c1ccc(Cl)cc1Cl. The number of rotatable bonds is 4. The molecule has 1 aliphatic heterocycles. The third kappa shape index (κ3) is 3.75. The summed E-state index contributed by atoms with van der Waals surface area (Å²) in [6, 6.07) is 14.4. The second kappa shape index (κ2) is 8.02. The number of carboxylic acids is 1. The quantitative estimate of drug-likeness (QED) is 0.466. The molecule has 1 aliphatic rings. The zero-order valence-corrected chi connectivity index (χ0v) is 17.4. The smallest absolute Gasteiger partial charge is 0.336 e. The standard InChI is InChI=1S/C21H12Cl2N2O4S/c22-11-5-7-16(15(23)9-11)25-19(26)18(30-21(25)24)10-12-6-8-17(29-12)13-3-1-2-4-14(13)20(27)28/h1-10,24H,(H,27,28)/b18-10-,24-21?. The Kier molecular flexibility index (Phi) is 5.42. The van der Waals surface area contributed by atoms with Crippen LogP contribution in [0.5, 0.6) is 0 Å². The summed E-state index contributed by atoms with van der Waals surface area (Å²) in [4.78, 5) is 25.8. The number of thioether (sulfide) groups is 1. The van der Waals surface area contributed by atoms with Gasteiger partial charge in [-0.2, -0.15) is 0 Å². The number of amides is 1. The van der Waals surface area contributed by atoms with Crippen molar-refractivity contribution in [3.8, 4) is 11.3 Å². The molecule has 0 aliphatic carbocycles. The Morgan fingerprint density at radius 1 is 1.13 bits per heavy atom. The van der Waals surface area contributed by atoms with Crippen molar-refractivity contribution in [3.63, 3.8) is 0 Å². The van der Waals surface area contributed by atoms with Crippen LogP contribution in [0, 0.1) is 5.41 Å². The fourth-order valence-corrected chi connectivity index (χ4v) is 4.28. The van der Waals surface area contributed by atoms with Crippen molar-refractivity contribution >= 4 is 63.8 Å². The number of nitrogens with one attached hydrogen (secondary N) is 1. The number of amidine groups is 1. The number of anilines is 1. The van der Waals surface area contributed by atoms with E-state index in [9.17, 15) is 14.7 Å². The molecular weight excluding hydrogens is 447 g/mol. The Hall–Kier alpha value is -3.00. The molecule has 150 valence electrons. The molecular formula is C21H12Cl2N2O4S. The summed E-state index contributed by atoms with van der Waals surface area (Å²) in [5.41, 5.74) is 0.910. The average molecular weight is 459 g/mol. The number of nitrogens with zero attached hydrogens (tertiary/aromatic N) is 1. The molecule has 2 aromatic carbocycles. The van der Waals surface area contributed by atoms with E-state index in [4.69, 9.17) is 33.0 Å². The Morgan fingerprint density at radius 2 is 1.90 bits per heavy atom. The molecule has 0 radical (unpaired) electrons. The lowest BCUT2D eigenvalue weighted by atomic mass is 10.1. The molecule has 0 saturated carbocycles. The third-order valence-corrected chi connectivity index (χ3v) is 5.72.